The van der Waals surface area contributed by atoms with Crippen LogP contribution in [0.3, 0.4) is 0 Å². The zero-order valence-corrected chi connectivity index (χ0v) is 14.1. The van der Waals surface area contributed by atoms with Crippen LogP contribution >= 0.6 is 0 Å². The molecular weight excluding hydrogens is 288 g/mol. The Morgan fingerprint density at radius 3 is 1.83 bits per heavy atom. The van der Waals surface area contributed by atoms with Gasteiger partial charge in [-0.1, -0.05) is 49.2 Å². The van der Waals surface area contributed by atoms with E-state index < -0.39 is 6.04 Å². The average molecular weight is 312 g/mol. The molecule has 0 fully saturated rings. The highest BCUT2D eigenvalue weighted by Crippen LogP contribution is 2.16. The molecule has 0 saturated heterocycles. The highest BCUT2D eigenvalue weighted by molar-refractivity contribution is 5.80. The molecule has 0 aliphatic heterocycles. The predicted molar refractivity (Wildman–Crippen MR) is 94.3 cm³/mol. The van der Waals surface area contributed by atoms with Crippen molar-refractivity contribution in [2.24, 2.45) is 5.92 Å². The van der Waals surface area contributed by atoms with Gasteiger partial charge in [0.25, 0.3) is 0 Å². The van der Waals surface area contributed by atoms with E-state index in [0.29, 0.717) is 0 Å². The van der Waals surface area contributed by atoms with E-state index in [1.165, 1.54) is 5.56 Å². The molecule has 0 aliphatic rings. The Morgan fingerprint density at radius 1 is 0.870 bits per heavy atom. The Balaban J connectivity index is 1.97. The molecule has 0 amide bonds. The quantitative estimate of drug-likeness (QED) is 0.780. The molecular formula is C19H24N2O2. The number of hydrogen-bond acceptors (Lipinski definition) is 4. The molecule has 0 radical (unpaired) electrons. The molecule has 1 atom stereocenters. The standard InChI is InChI=1S/C19H24N2O2/c1-13(2)18(20-16-9-5-14(3)6-10-16)19(22)23-21-17-11-7-15(4)8-12-17/h5-13,18,20-21H,1-4H3. The molecule has 1 unspecified atom stereocenters. The Bertz CT molecular complexity index is 633. The second-order valence-corrected chi connectivity index (χ2v) is 6.12. The van der Waals surface area contributed by atoms with Crippen molar-refractivity contribution in [2.75, 3.05) is 10.8 Å². The minimum atomic E-state index is -0.421. The Labute approximate surface area is 137 Å². The van der Waals surface area contributed by atoms with Gasteiger partial charge in [-0.25, -0.2) is 10.3 Å². The van der Waals surface area contributed by atoms with Gasteiger partial charge in [0.2, 0.25) is 0 Å². The number of carbonyl (C=O) groups is 1. The molecule has 2 aromatic rings. The van der Waals surface area contributed by atoms with Gasteiger partial charge in [-0.15, -0.1) is 0 Å². The SMILES string of the molecule is Cc1ccc(NOC(=O)C(Nc2ccc(C)cc2)C(C)C)cc1. The Kier molecular flexibility index (Phi) is 5.63. The maximum absolute atomic E-state index is 12.3. The fourth-order valence-electron chi connectivity index (χ4n) is 2.12. The van der Waals surface area contributed by atoms with E-state index in [-0.39, 0.29) is 11.9 Å². The zero-order chi connectivity index (χ0) is 16.8. The summed E-state index contributed by atoms with van der Waals surface area (Å²) in [4.78, 5) is 17.6. The number of aryl methyl sites for hydroxylation is 2. The third-order valence-electron chi connectivity index (χ3n) is 3.62. The predicted octanol–water partition coefficient (Wildman–Crippen LogP) is 4.31. The molecule has 0 aromatic heterocycles. The van der Waals surface area contributed by atoms with Crippen LogP contribution in [0, 0.1) is 19.8 Å². The Hall–Kier alpha value is -2.49. The lowest BCUT2D eigenvalue weighted by Crippen LogP contribution is -2.37. The second-order valence-electron chi connectivity index (χ2n) is 6.12. The van der Waals surface area contributed by atoms with Crippen molar-refractivity contribution in [1.82, 2.24) is 0 Å². The third kappa shape index (κ3) is 5.02. The lowest BCUT2D eigenvalue weighted by Gasteiger charge is -2.22. The first-order valence-electron chi connectivity index (χ1n) is 7.82. The van der Waals surface area contributed by atoms with E-state index in [9.17, 15) is 4.79 Å². The molecule has 2 aromatic carbocycles. The van der Waals surface area contributed by atoms with E-state index in [4.69, 9.17) is 4.84 Å². The van der Waals surface area contributed by atoms with Crippen molar-refractivity contribution in [1.29, 1.82) is 0 Å². The summed E-state index contributed by atoms with van der Waals surface area (Å²) in [5, 5.41) is 3.24. The summed E-state index contributed by atoms with van der Waals surface area (Å²) < 4.78 is 0. The zero-order valence-electron chi connectivity index (χ0n) is 14.1. The molecule has 0 aliphatic carbocycles. The molecule has 122 valence electrons. The first-order valence-corrected chi connectivity index (χ1v) is 7.82. The molecule has 23 heavy (non-hydrogen) atoms. The summed E-state index contributed by atoms with van der Waals surface area (Å²) in [6, 6.07) is 15.2. The van der Waals surface area contributed by atoms with Gasteiger partial charge >= 0.3 is 5.97 Å². The van der Waals surface area contributed by atoms with Crippen LogP contribution in [0.1, 0.15) is 25.0 Å². The molecule has 0 spiro atoms. The summed E-state index contributed by atoms with van der Waals surface area (Å²) in [7, 11) is 0. The van der Waals surface area contributed by atoms with Gasteiger partial charge in [-0.2, -0.15) is 0 Å². The lowest BCUT2D eigenvalue weighted by molar-refractivity contribution is -0.142. The van der Waals surface area contributed by atoms with E-state index in [1.807, 2.05) is 76.2 Å². The Morgan fingerprint density at radius 2 is 1.35 bits per heavy atom. The second kappa shape index (κ2) is 7.68. The molecule has 4 nitrogen and oxygen atoms in total. The number of hydrogen-bond donors (Lipinski definition) is 2. The number of rotatable bonds is 6. The van der Waals surface area contributed by atoms with Crippen molar-refractivity contribution < 1.29 is 9.63 Å². The van der Waals surface area contributed by atoms with Gasteiger partial charge in [-0.05, 0) is 44.0 Å². The third-order valence-corrected chi connectivity index (χ3v) is 3.62. The van der Waals surface area contributed by atoms with Crippen LogP contribution in [-0.4, -0.2) is 12.0 Å². The van der Waals surface area contributed by atoms with Gasteiger partial charge in [0.1, 0.15) is 6.04 Å². The van der Waals surface area contributed by atoms with Crippen molar-refractivity contribution in [2.45, 2.75) is 33.7 Å². The van der Waals surface area contributed by atoms with Crippen molar-refractivity contribution in [3.63, 3.8) is 0 Å². The number of nitrogens with one attached hydrogen (secondary N) is 2. The first-order chi connectivity index (χ1) is 11.0. The molecule has 2 N–H and O–H groups in total. The maximum Gasteiger partial charge on any atom is 0.354 e. The normalized spacial score (nSPS) is 11.9. The van der Waals surface area contributed by atoms with Gasteiger partial charge in [0.15, 0.2) is 0 Å². The van der Waals surface area contributed by atoms with Crippen molar-refractivity contribution in [3.8, 4) is 0 Å². The number of benzene rings is 2. The van der Waals surface area contributed by atoms with Crippen LogP contribution < -0.4 is 10.8 Å². The molecule has 0 bridgehead atoms. The first kappa shape index (κ1) is 16.9. The molecule has 2 rings (SSSR count). The minimum Gasteiger partial charge on any atom is -0.372 e. The van der Waals surface area contributed by atoms with Crippen LogP contribution in [-0.2, 0) is 9.63 Å². The largest absolute Gasteiger partial charge is 0.372 e. The van der Waals surface area contributed by atoms with E-state index >= 15 is 0 Å². The van der Waals surface area contributed by atoms with Gasteiger partial charge in [-0.3, -0.25) is 0 Å². The number of anilines is 2. The summed E-state index contributed by atoms with van der Waals surface area (Å²) >= 11 is 0. The lowest BCUT2D eigenvalue weighted by atomic mass is 10.0. The summed E-state index contributed by atoms with van der Waals surface area (Å²) in [6.07, 6.45) is 0. The van der Waals surface area contributed by atoms with E-state index in [1.54, 1.807) is 0 Å². The van der Waals surface area contributed by atoms with E-state index in [0.717, 1.165) is 16.9 Å². The topological polar surface area (TPSA) is 50.4 Å². The fraction of sp³-hybridized carbons (Fsp3) is 0.316. The van der Waals surface area contributed by atoms with Crippen LogP contribution in [0.4, 0.5) is 11.4 Å². The van der Waals surface area contributed by atoms with Crippen LogP contribution in [0.5, 0.6) is 0 Å². The van der Waals surface area contributed by atoms with E-state index in [2.05, 4.69) is 10.8 Å². The van der Waals surface area contributed by atoms with Gasteiger partial charge in [0, 0.05) is 5.69 Å². The average Bonchev–Trinajstić information content (AvgIpc) is 2.53. The van der Waals surface area contributed by atoms with Crippen LogP contribution in [0.15, 0.2) is 48.5 Å². The summed E-state index contributed by atoms with van der Waals surface area (Å²) in [5.41, 5.74) is 6.70. The molecule has 4 heteroatoms. The van der Waals surface area contributed by atoms with Crippen molar-refractivity contribution >= 4 is 17.3 Å². The monoisotopic (exact) mass is 312 g/mol. The smallest absolute Gasteiger partial charge is 0.354 e. The van der Waals surface area contributed by atoms with Gasteiger partial charge in [0.05, 0.1) is 5.69 Å². The highest BCUT2D eigenvalue weighted by Gasteiger charge is 2.24. The summed E-state index contributed by atoms with van der Waals surface area (Å²) in [5.74, 6) is -0.232. The van der Waals surface area contributed by atoms with Crippen LogP contribution in [0.2, 0.25) is 0 Å². The maximum atomic E-state index is 12.3. The minimum absolute atomic E-state index is 0.101. The fourth-order valence-corrected chi connectivity index (χ4v) is 2.12. The van der Waals surface area contributed by atoms with Crippen LogP contribution in [0.25, 0.3) is 0 Å². The highest BCUT2D eigenvalue weighted by atomic mass is 16.7. The van der Waals surface area contributed by atoms with Gasteiger partial charge < -0.3 is 10.2 Å². The number of carbonyl (C=O) groups excluding carboxylic acids is 1. The molecule has 0 saturated carbocycles. The molecule has 0 heterocycles. The van der Waals surface area contributed by atoms with Crippen molar-refractivity contribution in [3.05, 3.63) is 59.7 Å². The summed E-state index contributed by atoms with van der Waals surface area (Å²) in [6.45, 7) is 8.01.